The number of fused-ring (bicyclic) bond motifs is 1. The average Bonchev–Trinajstić information content (AvgIpc) is 3.35. The zero-order valence-electron chi connectivity index (χ0n) is 21.8. The van der Waals surface area contributed by atoms with E-state index in [0.29, 0.717) is 22.2 Å². The molecule has 194 valence electrons. The van der Waals surface area contributed by atoms with E-state index in [1.807, 2.05) is 48.5 Å². The zero-order chi connectivity index (χ0) is 27.6. The third-order valence-corrected chi connectivity index (χ3v) is 6.27. The maximum absolute atomic E-state index is 13.4. The van der Waals surface area contributed by atoms with E-state index >= 15 is 0 Å². The third-order valence-electron chi connectivity index (χ3n) is 6.27. The van der Waals surface area contributed by atoms with Crippen molar-refractivity contribution in [2.45, 2.75) is 26.2 Å². The standard InChI is InChI=1S/C31H26N4O4/c1-31(2,3)22-15-13-20(14-16-22)28-29(27(37)24-11-7-8-12-25(24)39-28)38-19-26(36)34-30-21(17-32)18-33-35(30)23-9-5-4-6-10-23/h4-16,18H,19H2,1-3H3,(H,34,36). The summed E-state index contributed by atoms with van der Waals surface area (Å²) in [5.41, 5.74) is 2.62. The Morgan fingerprint density at radius 3 is 2.41 bits per heavy atom. The fourth-order valence-corrected chi connectivity index (χ4v) is 4.19. The Hall–Kier alpha value is -5.16. The maximum atomic E-state index is 13.4. The van der Waals surface area contributed by atoms with E-state index in [1.54, 1.807) is 36.4 Å². The Kier molecular flexibility index (Phi) is 6.73. The minimum absolute atomic E-state index is 0.0469. The number of amides is 1. The van der Waals surface area contributed by atoms with Gasteiger partial charge in [0.2, 0.25) is 11.2 Å². The molecule has 5 aromatic rings. The molecule has 0 aliphatic carbocycles. The van der Waals surface area contributed by atoms with Crippen molar-refractivity contribution in [3.8, 4) is 28.8 Å². The maximum Gasteiger partial charge on any atom is 0.263 e. The van der Waals surface area contributed by atoms with E-state index < -0.39 is 12.5 Å². The first-order chi connectivity index (χ1) is 18.8. The van der Waals surface area contributed by atoms with Crippen LogP contribution in [-0.2, 0) is 10.2 Å². The number of anilines is 1. The number of para-hydroxylation sites is 2. The lowest BCUT2D eigenvalue weighted by molar-refractivity contribution is -0.118. The van der Waals surface area contributed by atoms with Crippen LogP contribution in [0.1, 0.15) is 31.9 Å². The molecule has 0 saturated heterocycles. The van der Waals surface area contributed by atoms with Gasteiger partial charge in [-0.2, -0.15) is 10.4 Å². The molecule has 2 heterocycles. The molecule has 8 nitrogen and oxygen atoms in total. The number of nitrogens with zero attached hydrogens (tertiary/aromatic N) is 3. The van der Waals surface area contributed by atoms with Crippen molar-refractivity contribution >= 4 is 22.7 Å². The summed E-state index contributed by atoms with van der Waals surface area (Å²) >= 11 is 0. The summed E-state index contributed by atoms with van der Waals surface area (Å²) in [6.07, 6.45) is 1.38. The lowest BCUT2D eigenvalue weighted by Gasteiger charge is -2.19. The van der Waals surface area contributed by atoms with Gasteiger partial charge in [0.05, 0.1) is 17.3 Å². The SMILES string of the molecule is CC(C)(C)c1ccc(-c2oc3ccccc3c(=O)c2OCC(=O)Nc2c(C#N)cnn2-c2ccccc2)cc1. The Labute approximate surface area is 225 Å². The second kappa shape index (κ2) is 10.3. The van der Waals surface area contributed by atoms with Gasteiger partial charge in [-0.3, -0.25) is 9.59 Å². The quantitative estimate of drug-likeness (QED) is 0.303. The van der Waals surface area contributed by atoms with Crippen molar-refractivity contribution in [2.75, 3.05) is 11.9 Å². The van der Waals surface area contributed by atoms with Crippen LogP contribution in [0.2, 0.25) is 0 Å². The van der Waals surface area contributed by atoms with Gasteiger partial charge in [-0.1, -0.05) is 75.4 Å². The molecule has 0 aliphatic rings. The van der Waals surface area contributed by atoms with Gasteiger partial charge in [-0.25, -0.2) is 4.68 Å². The van der Waals surface area contributed by atoms with Crippen LogP contribution < -0.4 is 15.5 Å². The van der Waals surface area contributed by atoms with Gasteiger partial charge < -0.3 is 14.5 Å². The summed E-state index contributed by atoms with van der Waals surface area (Å²) in [5.74, 6) is -0.185. The van der Waals surface area contributed by atoms with Crippen LogP contribution in [-0.4, -0.2) is 22.3 Å². The summed E-state index contributed by atoms with van der Waals surface area (Å²) in [6, 6.07) is 25.7. The van der Waals surface area contributed by atoms with Gasteiger partial charge in [0.1, 0.15) is 17.2 Å². The first-order valence-corrected chi connectivity index (χ1v) is 12.4. The molecule has 0 atom stereocenters. The normalized spacial score (nSPS) is 11.2. The molecule has 0 spiro atoms. The smallest absolute Gasteiger partial charge is 0.263 e. The Bertz CT molecular complexity index is 1760. The highest BCUT2D eigenvalue weighted by molar-refractivity contribution is 5.93. The van der Waals surface area contributed by atoms with Crippen molar-refractivity contribution in [3.63, 3.8) is 0 Å². The number of nitrogens with one attached hydrogen (secondary N) is 1. The largest absolute Gasteiger partial charge is 0.476 e. The Balaban J connectivity index is 1.47. The van der Waals surface area contributed by atoms with E-state index in [0.717, 1.165) is 5.56 Å². The molecule has 1 N–H and O–H groups in total. The summed E-state index contributed by atoms with van der Waals surface area (Å²) in [7, 11) is 0. The van der Waals surface area contributed by atoms with Crippen LogP contribution in [0, 0.1) is 11.3 Å². The Morgan fingerprint density at radius 2 is 1.72 bits per heavy atom. The van der Waals surface area contributed by atoms with Gasteiger partial charge >= 0.3 is 0 Å². The predicted molar refractivity (Wildman–Crippen MR) is 149 cm³/mol. The minimum Gasteiger partial charge on any atom is -0.476 e. The van der Waals surface area contributed by atoms with Crippen LogP contribution in [0.15, 0.2) is 94.3 Å². The number of hydrogen-bond donors (Lipinski definition) is 1. The second-order valence-corrected chi connectivity index (χ2v) is 10.0. The molecule has 8 heteroatoms. The molecule has 0 saturated carbocycles. The number of carbonyl (C=O) groups is 1. The molecule has 0 fully saturated rings. The molecule has 0 radical (unpaired) electrons. The van der Waals surface area contributed by atoms with E-state index in [1.165, 1.54) is 10.9 Å². The Morgan fingerprint density at radius 1 is 1.03 bits per heavy atom. The predicted octanol–water partition coefficient (Wildman–Crippen LogP) is 5.83. The number of aromatic nitrogens is 2. The summed E-state index contributed by atoms with van der Waals surface area (Å²) in [5, 5.41) is 16.8. The van der Waals surface area contributed by atoms with Crippen molar-refractivity contribution < 1.29 is 13.9 Å². The summed E-state index contributed by atoms with van der Waals surface area (Å²) in [6.45, 7) is 5.87. The average molecular weight is 519 g/mol. The molecule has 39 heavy (non-hydrogen) atoms. The highest BCUT2D eigenvalue weighted by atomic mass is 16.5. The van der Waals surface area contributed by atoms with Gasteiger partial charge in [-0.05, 0) is 35.2 Å². The molecular weight excluding hydrogens is 492 g/mol. The van der Waals surface area contributed by atoms with E-state index in [2.05, 4.69) is 31.2 Å². The first-order valence-electron chi connectivity index (χ1n) is 12.4. The number of ether oxygens (including phenoxy) is 1. The molecule has 5 rings (SSSR count). The fourth-order valence-electron chi connectivity index (χ4n) is 4.19. The van der Waals surface area contributed by atoms with E-state index in [4.69, 9.17) is 9.15 Å². The van der Waals surface area contributed by atoms with Gasteiger partial charge in [0.25, 0.3) is 5.91 Å². The van der Waals surface area contributed by atoms with Crippen molar-refractivity contribution in [1.29, 1.82) is 5.26 Å². The summed E-state index contributed by atoms with van der Waals surface area (Å²) in [4.78, 5) is 26.4. The van der Waals surface area contributed by atoms with Crippen molar-refractivity contribution in [1.82, 2.24) is 9.78 Å². The number of benzene rings is 3. The molecule has 3 aromatic carbocycles. The minimum atomic E-state index is -0.564. The van der Waals surface area contributed by atoms with Crippen molar-refractivity contribution in [2.24, 2.45) is 0 Å². The van der Waals surface area contributed by atoms with Gasteiger partial charge in [0, 0.05) is 5.56 Å². The third kappa shape index (κ3) is 5.15. The fraction of sp³-hybridized carbons (Fsp3) is 0.161. The van der Waals surface area contributed by atoms with Crippen molar-refractivity contribution in [3.05, 3.63) is 106 Å². The summed E-state index contributed by atoms with van der Waals surface area (Å²) < 4.78 is 13.4. The molecule has 1 amide bonds. The molecule has 0 aliphatic heterocycles. The zero-order valence-corrected chi connectivity index (χ0v) is 21.8. The highest BCUT2D eigenvalue weighted by Gasteiger charge is 2.21. The van der Waals surface area contributed by atoms with Crippen LogP contribution >= 0.6 is 0 Å². The van der Waals surface area contributed by atoms with Crippen LogP contribution in [0.3, 0.4) is 0 Å². The number of carbonyl (C=O) groups excluding carboxylic acids is 1. The first kappa shape index (κ1) is 25.5. The second-order valence-electron chi connectivity index (χ2n) is 10.0. The van der Waals surface area contributed by atoms with E-state index in [9.17, 15) is 14.9 Å². The lowest BCUT2D eigenvalue weighted by atomic mass is 9.86. The monoisotopic (exact) mass is 518 g/mol. The van der Waals surface area contributed by atoms with Gasteiger partial charge in [0.15, 0.2) is 18.2 Å². The highest BCUT2D eigenvalue weighted by Crippen LogP contribution is 2.33. The van der Waals surface area contributed by atoms with Crippen LogP contribution in [0.4, 0.5) is 5.82 Å². The number of nitriles is 1. The topological polar surface area (TPSA) is 110 Å². The molecule has 0 unspecified atom stereocenters. The van der Waals surface area contributed by atoms with Crippen LogP contribution in [0.25, 0.3) is 28.0 Å². The molecule has 2 aromatic heterocycles. The number of rotatable bonds is 6. The molecule has 0 bridgehead atoms. The van der Waals surface area contributed by atoms with Crippen LogP contribution in [0.5, 0.6) is 5.75 Å². The number of hydrogen-bond acceptors (Lipinski definition) is 6. The molecular formula is C31H26N4O4. The lowest BCUT2D eigenvalue weighted by Crippen LogP contribution is -2.24. The van der Waals surface area contributed by atoms with E-state index in [-0.39, 0.29) is 33.7 Å². The van der Waals surface area contributed by atoms with Gasteiger partial charge in [-0.15, -0.1) is 0 Å².